The zero-order chi connectivity index (χ0) is 21.5. The van der Waals surface area contributed by atoms with Crippen molar-refractivity contribution in [2.45, 2.75) is 40.2 Å². The third-order valence-electron chi connectivity index (χ3n) is 4.85. The van der Waals surface area contributed by atoms with Crippen LogP contribution < -0.4 is 15.6 Å². The summed E-state index contributed by atoms with van der Waals surface area (Å²) in [6, 6.07) is 16.7. The van der Waals surface area contributed by atoms with Crippen molar-refractivity contribution >= 4 is 11.6 Å². The number of anilines is 1. The monoisotopic (exact) mass is 405 g/mol. The Labute approximate surface area is 176 Å². The van der Waals surface area contributed by atoms with E-state index in [-0.39, 0.29) is 11.5 Å². The lowest BCUT2D eigenvalue weighted by molar-refractivity contribution is -0.116. The zero-order valence-electron chi connectivity index (χ0n) is 17.6. The highest BCUT2D eigenvalue weighted by Crippen LogP contribution is 2.21. The smallest absolute Gasteiger partial charge is 0.266 e. The van der Waals surface area contributed by atoms with Gasteiger partial charge in [-0.3, -0.25) is 9.59 Å². The fourth-order valence-electron chi connectivity index (χ4n) is 3.25. The van der Waals surface area contributed by atoms with Gasteiger partial charge in [0.05, 0.1) is 12.3 Å². The number of hydrogen-bond acceptors (Lipinski definition) is 4. The molecule has 0 spiro atoms. The molecule has 0 aliphatic carbocycles. The predicted octanol–water partition coefficient (Wildman–Crippen LogP) is 4.34. The first-order valence-electron chi connectivity index (χ1n) is 10.2. The van der Waals surface area contributed by atoms with Gasteiger partial charge in [-0.25, -0.2) is 4.68 Å². The van der Waals surface area contributed by atoms with Crippen LogP contribution in [0.25, 0.3) is 11.3 Å². The summed E-state index contributed by atoms with van der Waals surface area (Å²) >= 11 is 0. The third-order valence-corrected chi connectivity index (χ3v) is 4.85. The van der Waals surface area contributed by atoms with Crippen LogP contribution in [0.15, 0.2) is 59.4 Å². The summed E-state index contributed by atoms with van der Waals surface area (Å²) in [6.07, 6.45) is 0.839. The fraction of sp³-hybridized carbons (Fsp3) is 0.292. The molecule has 0 atom stereocenters. The van der Waals surface area contributed by atoms with Gasteiger partial charge in [0, 0.05) is 30.3 Å². The van der Waals surface area contributed by atoms with E-state index in [0.717, 1.165) is 28.1 Å². The maximum atomic E-state index is 12.3. The van der Waals surface area contributed by atoms with Crippen molar-refractivity contribution in [3.05, 3.63) is 76.1 Å². The van der Waals surface area contributed by atoms with Crippen molar-refractivity contribution in [3.63, 3.8) is 0 Å². The summed E-state index contributed by atoms with van der Waals surface area (Å²) in [5, 5.41) is 7.43. The van der Waals surface area contributed by atoms with E-state index in [2.05, 4.69) is 10.4 Å². The standard InChI is InChI=1S/C24H27N3O3/c1-4-30-20-12-10-19(11-13-20)21-14-15-23(29)27(26-21)16-6-9-22(28)25-24-17(2)7-5-8-18(24)3/h5,7-8,10-15H,4,6,9,16H2,1-3H3,(H,25,28). The van der Waals surface area contributed by atoms with E-state index in [1.54, 1.807) is 6.07 Å². The van der Waals surface area contributed by atoms with Crippen LogP contribution in [-0.4, -0.2) is 22.3 Å². The molecule has 156 valence electrons. The van der Waals surface area contributed by atoms with Crippen LogP contribution in [-0.2, 0) is 11.3 Å². The minimum absolute atomic E-state index is 0.0666. The van der Waals surface area contributed by atoms with Gasteiger partial charge in [-0.05, 0) is 68.7 Å². The highest BCUT2D eigenvalue weighted by molar-refractivity contribution is 5.92. The summed E-state index contributed by atoms with van der Waals surface area (Å²) < 4.78 is 6.87. The average molecular weight is 405 g/mol. The van der Waals surface area contributed by atoms with Crippen LogP contribution in [0, 0.1) is 13.8 Å². The summed E-state index contributed by atoms with van der Waals surface area (Å²) in [5.74, 6) is 0.729. The van der Waals surface area contributed by atoms with E-state index in [0.29, 0.717) is 31.7 Å². The first kappa shape index (κ1) is 21.3. The normalized spacial score (nSPS) is 10.6. The zero-order valence-corrected chi connectivity index (χ0v) is 17.6. The Hall–Kier alpha value is -3.41. The maximum Gasteiger partial charge on any atom is 0.266 e. The summed E-state index contributed by atoms with van der Waals surface area (Å²) in [7, 11) is 0. The van der Waals surface area contributed by atoms with Crippen LogP contribution in [0.2, 0.25) is 0 Å². The molecule has 3 aromatic rings. The Morgan fingerprint density at radius 3 is 2.40 bits per heavy atom. The van der Waals surface area contributed by atoms with Gasteiger partial charge in [-0.15, -0.1) is 0 Å². The summed E-state index contributed by atoms with van der Waals surface area (Å²) in [5.41, 5.74) is 4.35. The predicted molar refractivity (Wildman–Crippen MR) is 119 cm³/mol. The van der Waals surface area contributed by atoms with E-state index in [1.165, 1.54) is 10.7 Å². The van der Waals surface area contributed by atoms with Gasteiger partial charge >= 0.3 is 0 Å². The minimum Gasteiger partial charge on any atom is -0.494 e. The molecule has 6 heteroatoms. The van der Waals surface area contributed by atoms with Crippen LogP contribution in [0.4, 0.5) is 5.69 Å². The second kappa shape index (κ2) is 9.87. The molecule has 0 bridgehead atoms. The SMILES string of the molecule is CCOc1ccc(-c2ccc(=O)n(CCCC(=O)Nc3c(C)cccc3C)n2)cc1. The van der Waals surface area contributed by atoms with E-state index in [9.17, 15) is 9.59 Å². The molecule has 3 rings (SSSR count). The second-order valence-electron chi connectivity index (χ2n) is 7.16. The summed E-state index contributed by atoms with van der Waals surface area (Å²) in [6.45, 7) is 6.87. The fourth-order valence-corrected chi connectivity index (χ4v) is 3.25. The molecule has 0 aliphatic heterocycles. The molecule has 30 heavy (non-hydrogen) atoms. The topological polar surface area (TPSA) is 73.2 Å². The van der Waals surface area contributed by atoms with Crippen LogP contribution in [0.5, 0.6) is 5.75 Å². The number of nitrogens with zero attached hydrogens (tertiary/aromatic N) is 2. The number of ether oxygens (including phenoxy) is 1. The number of hydrogen-bond donors (Lipinski definition) is 1. The highest BCUT2D eigenvalue weighted by Gasteiger charge is 2.09. The van der Waals surface area contributed by atoms with E-state index >= 15 is 0 Å². The van der Waals surface area contributed by atoms with E-state index < -0.39 is 0 Å². The maximum absolute atomic E-state index is 12.3. The van der Waals surface area contributed by atoms with E-state index in [1.807, 2.05) is 63.2 Å². The molecular formula is C24H27N3O3. The molecule has 0 aliphatic rings. The largest absolute Gasteiger partial charge is 0.494 e. The third kappa shape index (κ3) is 5.35. The number of carbonyl (C=O) groups excluding carboxylic acids is 1. The van der Waals surface area contributed by atoms with E-state index in [4.69, 9.17) is 4.74 Å². The number of carbonyl (C=O) groups is 1. The summed E-state index contributed by atoms with van der Waals surface area (Å²) in [4.78, 5) is 24.5. The Kier molecular flexibility index (Phi) is 7.01. The van der Waals surface area contributed by atoms with Crippen molar-refractivity contribution < 1.29 is 9.53 Å². The lowest BCUT2D eigenvalue weighted by Crippen LogP contribution is -2.23. The lowest BCUT2D eigenvalue weighted by atomic mass is 10.1. The van der Waals surface area contributed by atoms with Crippen molar-refractivity contribution in [3.8, 4) is 17.0 Å². The van der Waals surface area contributed by atoms with Crippen LogP contribution in [0.3, 0.4) is 0 Å². The first-order valence-corrected chi connectivity index (χ1v) is 10.2. The Morgan fingerprint density at radius 2 is 1.73 bits per heavy atom. The van der Waals surface area contributed by atoms with Gasteiger partial charge in [-0.1, -0.05) is 18.2 Å². The number of rotatable bonds is 8. The van der Waals surface area contributed by atoms with Crippen molar-refractivity contribution in [2.75, 3.05) is 11.9 Å². The quantitative estimate of drug-likeness (QED) is 0.605. The molecule has 0 radical (unpaired) electrons. The van der Waals surface area contributed by atoms with Gasteiger partial charge in [-0.2, -0.15) is 5.10 Å². The number of benzene rings is 2. The van der Waals surface area contributed by atoms with Crippen LogP contribution >= 0.6 is 0 Å². The molecular weight excluding hydrogens is 378 g/mol. The van der Waals surface area contributed by atoms with Gasteiger partial charge in [0.1, 0.15) is 5.75 Å². The molecule has 1 N–H and O–H groups in total. The van der Waals surface area contributed by atoms with Gasteiger partial charge in [0.15, 0.2) is 0 Å². The number of aromatic nitrogens is 2. The lowest BCUT2D eigenvalue weighted by Gasteiger charge is -2.12. The van der Waals surface area contributed by atoms with Crippen LogP contribution in [0.1, 0.15) is 30.9 Å². The number of aryl methyl sites for hydroxylation is 3. The van der Waals surface area contributed by atoms with Gasteiger partial charge in [0.25, 0.3) is 5.56 Å². The molecule has 0 saturated heterocycles. The molecule has 1 aromatic heterocycles. The molecule has 6 nitrogen and oxygen atoms in total. The molecule has 1 amide bonds. The second-order valence-corrected chi connectivity index (χ2v) is 7.16. The van der Waals surface area contributed by atoms with Gasteiger partial charge < -0.3 is 10.1 Å². The number of nitrogens with one attached hydrogen (secondary N) is 1. The Morgan fingerprint density at radius 1 is 1.03 bits per heavy atom. The van der Waals surface area contributed by atoms with Crippen molar-refractivity contribution in [1.82, 2.24) is 9.78 Å². The average Bonchev–Trinajstić information content (AvgIpc) is 2.73. The highest BCUT2D eigenvalue weighted by atomic mass is 16.5. The molecule has 0 unspecified atom stereocenters. The first-order chi connectivity index (χ1) is 14.5. The van der Waals surface area contributed by atoms with Crippen molar-refractivity contribution in [2.24, 2.45) is 0 Å². The number of para-hydroxylation sites is 1. The molecule has 2 aromatic carbocycles. The minimum atomic E-state index is -0.181. The molecule has 1 heterocycles. The molecule has 0 fully saturated rings. The van der Waals surface area contributed by atoms with Crippen molar-refractivity contribution in [1.29, 1.82) is 0 Å². The Bertz CT molecular complexity index is 1050. The molecule has 0 saturated carbocycles. The number of amides is 1. The van der Waals surface area contributed by atoms with Gasteiger partial charge in [0.2, 0.25) is 5.91 Å². The Balaban J connectivity index is 1.62.